The van der Waals surface area contributed by atoms with Crippen molar-refractivity contribution in [2.75, 3.05) is 19.8 Å². The molecule has 6 heterocycles. The summed E-state index contributed by atoms with van der Waals surface area (Å²) in [7, 11) is -4.89. The molecule has 9 fully saturated rings. The van der Waals surface area contributed by atoms with Gasteiger partial charge in [-0.15, -0.1) is 0 Å². The Bertz CT molecular complexity index is 2700. The van der Waals surface area contributed by atoms with Gasteiger partial charge >= 0.3 is 10.4 Å². The van der Waals surface area contributed by atoms with Gasteiger partial charge in [-0.05, 0) is 112 Å². The van der Waals surface area contributed by atoms with Gasteiger partial charge in [-0.3, -0.25) is 9.35 Å². The third kappa shape index (κ3) is 15.3. The van der Waals surface area contributed by atoms with Crippen LogP contribution in [0.2, 0.25) is 0 Å². The molecule has 95 heavy (non-hydrogen) atoms. The second kappa shape index (κ2) is 30.3. The maximum Gasteiger partial charge on any atom is 0.397 e. The van der Waals surface area contributed by atoms with Crippen molar-refractivity contribution in [3.8, 4) is 0 Å². The van der Waals surface area contributed by atoms with E-state index in [1.165, 1.54) is 26.3 Å². The fraction of sp³-hybridized carbons (Fsp3) is 0.952. The van der Waals surface area contributed by atoms with Gasteiger partial charge in [-0.25, -0.2) is 4.18 Å². The Labute approximate surface area is 551 Å². The fourth-order valence-corrected chi connectivity index (χ4v) is 17.7. The lowest BCUT2D eigenvalue weighted by molar-refractivity contribution is -0.402. The molecule has 0 unspecified atom stereocenters. The predicted molar refractivity (Wildman–Crippen MR) is 317 cm³/mol. The first-order chi connectivity index (χ1) is 44.6. The molecule has 0 bridgehead atoms. The number of aliphatic hydroxyl groups excluding tert-OH is 15. The number of ketones is 1. The molecule has 16 N–H and O–H groups in total. The molecule has 10 aliphatic rings. The standard InChI is InChI=1S/C62H102O32S/c1-22(2)15-27(65)16-23(3)30-9-10-31-29-18-34(33-17-28(94-95(79,80)81)11-13-62(33,8)32(29)12-14-61(30,31)7)86-57-49(77)52(40(68)25(5)84-57)91-59-53(92-55-47(75)44(72)38(66)24(4)83-55)43(71)37(21-82-59)89-60-54(46(74)42(70)36(20-64)88-60)93-58-50(78)51(39(67)26(6)85-58)90-56-48(76)45(73)41(69)35(19-63)87-56/h12,22-26,28-31,33-60,63-64,66-78H,9-11,13-21H2,1-8H3,(H,79,80,81)/t23-,24-,25-,26-,28+,29+,30-,31+,33-,34+,35-,36-,37-,38-,39+,40-,41+,42+,43+,44+,45+,46+,47-,48-,49-,50-,51+,52+,53-,54-,55-,56+,57+,58-,59+,60+,61-,62-/m1/s1. The van der Waals surface area contributed by atoms with Gasteiger partial charge in [0.15, 0.2) is 37.7 Å². The van der Waals surface area contributed by atoms with Crippen LogP contribution in [0.1, 0.15) is 113 Å². The van der Waals surface area contributed by atoms with Gasteiger partial charge in [-0.1, -0.05) is 46.3 Å². The number of aliphatic hydroxyl groups is 15. The molecule has 0 aromatic carbocycles. The topological polar surface area (TPSA) is 495 Å². The lowest BCUT2D eigenvalue weighted by atomic mass is 9.47. The molecule has 0 aromatic rings. The maximum atomic E-state index is 13.2. The molecule has 38 atom stereocenters. The zero-order valence-corrected chi connectivity index (χ0v) is 55.3. The summed E-state index contributed by atoms with van der Waals surface area (Å²) in [5.74, 6) is 0.421. The van der Waals surface area contributed by atoms with Crippen LogP contribution in [0.4, 0.5) is 0 Å². The van der Waals surface area contributed by atoms with Crippen LogP contribution in [0.25, 0.3) is 0 Å². The van der Waals surface area contributed by atoms with E-state index in [4.69, 9.17) is 61.0 Å². The summed E-state index contributed by atoms with van der Waals surface area (Å²) in [6.07, 6.45) is -46.4. The first kappa shape index (κ1) is 75.9. The molecule has 0 aromatic heterocycles. The van der Waals surface area contributed by atoms with Crippen molar-refractivity contribution in [1.29, 1.82) is 0 Å². The largest absolute Gasteiger partial charge is 0.397 e. The number of fused-ring (bicyclic) bond motifs is 5. The zero-order valence-electron chi connectivity index (χ0n) is 54.5. The number of hydrogen-bond donors (Lipinski definition) is 16. The highest BCUT2D eigenvalue weighted by molar-refractivity contribution is 7.80. The number of rotatable bonds is 21. The molecule has 6 aliphatic heterocycles. The second-order valence-electron chi connectivity index (χ2n) is 29.2. The molecule has 0 radical (unpaired) electrons. The van der Waals surface area contributed by atoms with Gasteiger partial charge in [0.25, 0.3) is 0 Å². The number of carbonyl (C=O) groups is 1. The Morgan fingerprint density at radius 1 is 0.537 bits per heavy atom. The summed E-state index contributed by atoms with van der Waals surface area (Å²) >= 11 is 0. The molecular formula is C62H102O32S. The van der Waals surface area contributed by atoms with E-state index < -0.39 is 232 Å². The van der Waals surface area contributed by atoms with E-state index in [1.54, 1.807) is 0 Å². The lowest BCUT2D eigenvalue weighted by Crippen LogP contribution is -2.67. The third-order valence-electron chi connectivity index (χ3n) is 22.4. The molecule has 3 saturated carbocycles. The average Bonchev–Trinajstić information content (AvgIpc) is 1.70. The van der Waals surface area contributed by atoms with Gasteiger partial charge in [0.1, 0.15) is 128 Å². The van der Waals surface area contributed by atoms with E-state index in [0.29, 0.717) is 25.7 Å². The number of hydrogen-bond acceptors (Lipinski definition) is 31. The van der Waals surface area contributed by atoms with E-state index in [2.05, 4.69) is 26.8 Å². The van der Waals surface area contributed by atoms with Crippen molar-refractivity contribution < 1.29 is 155 Å². The van der Waals surface area contributed by atoms with Crippen LogP contribution in [-0.2, 0) is 76.2 Å². The summed E-state index contributed by atoms with van der Waals surface area (Å²) in [4.78, 5) is 13.2. The first-order valence-corrected chi connectivity index (χ1v) is 34.7. The molecule has 33 heteroatoms. The van der Waals surface area contributed by atoms with Crippen molar-refractivity contribution >= 4 is 16.2 Å². The van der Waals surface area contributed by atoms with Crippen LogP contribution in [0.15, 0.2) is 11.6 Å². The fourth-order valence-electron chi connectivity index (χ4n) is 17.2. The van der Waals surface area contributed by atoms with Gasteiger partial charge < -0.3 is 133 Å². The third-order valence-corrected chi connectivity index (χ3v) is 22.9. The van der Waals surface area contributed by atoms with E-state index in [-0.39, 0.29) is 53.6 Å². The van der Waals surface area contributed by atoms with Crippen LogP contribution in [0, 0.1) is 46.3 Å². The van der Waals surface area contributed by atoms with Crippen molar-refractivity contribution in [2.45, 2.75) is 304 Å². The van der Waals surface area contributed by atoms with Crippen molar-refractivity contribution in [3.05, 3.63) is 11.6 Å². The van der Waals surface area contributed by atoms with E-state index in [1.807, 2.05) is 13.8 Å². The monoisotopic (exact) mass is 1390 g/mol. The molecule has 0 amide bonds. The number of allylic oxidation sites excluding steroid dienone is 2. The highest BCUT2D eigenvalue weighted by Gasteiger charge is 2.63. The van der Waals surface area contributed by atoms with Crippen molar-refractivity contribution in [2.24, 2.45) is 46.3 Å². The minimum absolute atomic E-state index is 0.0583. The molecule has 10 rings (SSSR count). The quantitative estimate of drug-likeness (QED) is 0.0385. The smallest absolute Gasteiger partial charge is 0.394 e. The van der Waals surface area contributed by atoms with Crippen LogP contribution in [0.3, 0.4) is 0 Å². The van der Waals surface area contributed by atoms with E-state index in [0.717, 1.165) is 19.3 Å². The Morgan fingerprint density at radius 2 is 1.03 bits per heavy atom. The Balaban J connectivity index is 0.899. The van der Waals surface area contributed by atoms with Gasteiger partial charge in [0, 0.05) is 12.8 Å². The molecule has 4 aliphatic carbocycles. The van der Waals surface area contributed by atoms with E-state index in [9.17, 15) is 94.4 Å². The minimum atomic E-state index is -4.89. The normalized spacial score (nSPS) is 51.7. The Morgan fingerprint density at radius 3 is 1.61 bits per heavy atom. The number of carbonyl (C=O) groups excluding carboxylic acids is 1. The summed E-state index contributed by atoms with van der Waals surface area (Å²) < 4.78 is 113. The molecule has 32 nitrogen and oxygen atoms in total. The Kier molecular flexibility index (Phi) is 24.2. The molecule has 548 valence electrons. The maximum absolute atomic E-state index is 13.2. The lowest BCUT2D eigenvalue weighted by Gasteiger charge is -2.59. The van der Waals surface area contributed by atoms with Crippen LogP contribution >= 0.6 is 0 Å². The molecular weight excluding hydrogens is 1290 g/mol. The predicted octanol–water partition coefficient (Wildman–Crippen LogP) is -3.97. The summed E-state index contributed by atoms with van der Waals surface area (Å²) in [5.41, 5.74) is 0.408. The summed E-state index contributed by atoms with van der Waals surface area (Å²) in [5, 5.41) is 167. The zero-order chi connectivity index (χ0) is 69.4. The van der Waals surface area contributed by atoms with Crippen LogP contribution in [0.5, 0.6) is 0 Å². The summed E-state index contributed by atoms with van der Waals surface area (Å²) in [6, 6.07) is 0. The molecule has 0 spiro atoms. The SMILES string of the molecule is CC(C)CC(=O)C[C@@H](C)[C@H]1CC[C@H]2[C@@H]3C[C@H](O[C@@H]4O[C@H](C)[C@@H](O)[C@H](O[C@@H]5OC[C@@H](O[C@@H]6O[C@H](CO)[C@H](O)[C@H](O)[C@H]6O[C@H]6O[C@H](C)[C@H](O)[C@H](O[C@@H]7O[C@H](CO)[C@H](O)[C@H](O)[C@H]7O)[C@H]6O)[C@H](O)[C@H]5O[C@H]5O[C@H](C)[C@@H](O)[C@H](O)[C@H]5O)[C@H]4O)[C@H]4C[C@@H](OS(=O)(=O)O)CC[C@]4(C)C3=CC[C@]12C. The summed E-state index contributed by atoms with van der Waals surface area (Å²) in [6.45, 7) is 12.3. The van der Waals surface area contributed by atoms with Crippen LogP contribution < -0.4 is 0 Å². The highest BCUT2D eigenvalue weighted by atomic mass is 32.3. The van der Waals surface area contributed by atoms with Crippen molar-refractivity contribution in [3.63, 3.8) is 0 Å². The van der Waals surface area contributed by atoms with Gasteiger partial charge in [0.2, 0.25) is 0 Å². The Hall–Kier alpha value is -1.80. The average molecular weight is 1390 g/mol. The van der Waals surface area contributed by atoms with Crippen molar-refractivity contribution in [1.82, 2.24) is 0 Å². The first-order valence-electron chi connectivity index (χ1n) is 33.4. The highest BCUT2D eigenvalue weighted by Crippen LogP contribution is 2.67. The van der Waals surface area contributed by atoms with E-state index >= 15 is 0 Å². The number of Topliss-reactive ketones (excluding diaryl/α,β-unsaturated/α-hetero) is 1. The number of ether oxygens (including phenoxy) is 12. The van der Waals surface area contributed by atoms with Gasteiger partial charge in [0.05, 0.1) is 50.3 Å². The molecule has 6 saturated heterocycles. The van der Waals surface area contributed by atoms with Gasteiger partial charge in [-0.2, -0.15) is 8.42 Å². The second-order valence-corrected chi connectivity index (χ2v) is 30.2. The minimum Gasteiger partial charge on any atom is -0.394 e. The van der Waals surface area contributed by atoms with Crippen LogP contribution in [-0.4, -0.2) is 306 Å².